The molecule has 1 aromatic carbocycles. The number of fused-ring (bicyclic) bond motifs is 5. The molecule has 0 amide bonds. The van der Waals surface area contributed by atoms with Gasteiger partial charge in [-0.15, -0.1) is 0 Å². The smallest absolute Gasteiger partial charge is 0.323 e. The molecule has 2 fully saturated rings. The number of hydrogen-bond donors (Lipinski definition) is 1. The van der Waals surface area contributed by atoms with Crippen molar-refractivity contribution in [3.05, 3.63) is 88.6 Å². The predicted molar refractivity (Wildman–Crippen MR) is 185 cm³/mol. The summed E-state index contributed by atoms with van der Waals surface area (Å²) in [5.41, 5.74) is 14.7. The molecule has 9 rings (SSSR count). The first-order valence-corrected chi connectivity index (χ1v) is 17.8. The lowest BCUT2D eigenvalue weighted by Gasteiger charge is -2.43. The van der Waals surface area contributed by atoms with Gasteiger partial charge in [-0.2, -0.15) is 15.1 Å². The number of nitrogen functional groups attached to an aromatic ring is 1. The molecular weight excluding hydrogens is 619 g/mol. The molecule has 1 unspecified atom stereocenters. The van der Waals surface area contributed by atoms with Crippen LogP contribution in [0.5, 0.6) is 6.01 Å². The lowest BCUT2D eigenvalue weighted by Crippen LogP contribution is -2.40. The number of benzene rings is 1. The number of anilines is 2. The summed E-state index contributed by atoms with van der Waals surface area (Å²) < 4.78 is 29.7. The van der Waals surface area contributed by atoms with Gasteiger partial charge in [0.25, 0.3) is 0 Å². The highest BCUT2D eigenvalue weighted by Crippen LogP contribution is 2.47. The summed E-state index contributed by atoms with van der Waals surface area (Å²) in [5.74, 6) is 0.835. The molecule has 7 heterocycles. The number of nitrogens with zero attached hydrogens (tertiary/aromatic N) is 7. The van der Waals surface area contributed by atoms with E-state index in [0.717, 1.165) is 104 Å². The zero-order valence-electron chi connectivity index (χ0n) is 28.1. The normalized spacial score (nSPS) is 26.4. The van der Waals surface area contributed by atoms with E-state index in [1.165, 1.54) is 11.1 Å². The van der Waals surface area contributed by atoms with Crippen molar-refractivity contribution in [1.82, 2.24) is 29.6 Å². The van der Waals surface area contributed by atoms with Crippen molar-refractivity contribution in [1.29, 1.82) is 0 Å². The van der Waals surface area contributed by atoms with E-state index in [1.54, 1.807) is 6.26 Å². The number of ether oxygens (including phenoxy) is 2. The van der Waals surface area contributed by atoms with E-state index in [9.17, 15) is 4.39 Å². The van der Waals surface area contributed by atoms with Crippen LogP contribution in [-0.4, -0.2) is 61.0 Å². The molecule has 254 valence electrons. The molecule has 3 aromatic heterocycles. The van der Waals surface area contributed by atoms with Crippen molar-refractivity contribution < 1.29 is 13.9 Å². The fraction of sp³-hybridized carbons (Fsp3) is 0.474. The number of aromatic nitrogens is 5. The first-order chi connectivity index (χ1) is 23.9. The van der Waals surface area contributed by atoms with Crippen LogP contribution in [-0.2, 0) is 42.9 Å². The number of alkyl halides is 1. The summed E-state index contributed by atoms with van der Waals surface area (Å²) in [7, 11) is 0. The van der Waals surface area contributed by atoms with Crippen LogP contribution in [0.3, 0.4) is 0 Å². The van der Waals surface area contributed by atoms with Crippen molar-refractivity contribution in [2.24, 2.45) is 0 Å². The summed E-state index contributed by atoms with van der Waals surface area (Å²) >= 11 is 0. The molecule has 4 aliphatic heterocycles. The standard InChI is InChI=1S/C38H43FN8O2/c1-25-8-12-41-32(17-25)33-19-29-23-45(13-4-15-47(29)44-33)35-30-24-49-38(10-2-5-26-6-7-28(40)18-31(26)38)21-34(30)42-36(43-35)48-16-11-37-9-3-14-46(37)22-27(39)20-37/h6-8,11-12,16-19,27H,2-5,9-10,13-15,20-24,40H2,1H3/b16-11+/t27-,37?,38+/m1/s1. The Morgan fingerprint density at radius 3 is 2.90 bits per heavy atom. The molecule has 11 heteroatoms. The van der Waals surface area contributed by atoms with Gasteiger partial charge in [-0.3, -0.25) is 14.6 Å². The Kier molecular flexibility index (Phi) is 7.46. The Morgan fingerprint density at radius 1 is 1.04 bits per heavy atom. The maximum atomic E-state index is 14.5. The van der Waals surface area contributed by atoms with Gasteiger partial charge in [0.2, 0.25) is 0 Å². The van der Waals surface area contributed by atoms with Crippen molar-refractivity contribution >= 4 is 11.5 Å². The van der Waals surface area contributed by atoms with Gasteiger partial charge in [-0.25, -0.2) is 4.39 Å². The molecule has 0 saturated carbocycles. The highest BCUT2D eigenvalue weighted by molar-refractivity contribution is 5.57. The molecule has 1 aliphatic carbocycles. The van der Waals surface area contributed by atoms with Gasteiger partial charge in [0.1, 0.15) is 17.7 Å². The third kappa shape index (κ3) is 5.47. The van der Waals surface area contributed by atoms with Crippen molar-refractivity contribution in [3.8, 4) is 17.4 Å². The van der Waals surface area contributed by atoms with Gasteiger partial charge in [-0.1, -0.05) is 6.07 Å². The third-order valence-electron chi connectivity index (χ3n) is 11.4. The molecule has 5 aliphatic rings. The van der Waals surface area contributed by atoms with Crippen molar-refractivity contribution in [2.45, 2.75) is 95.3 Å². The Labute approximate surface area is 286 Å². The largest absolute Gasteiger partial charge is 0.432 e. The predicted octanol–water partition coefficient (Wildman–Crippen LogP) is 5.81. The maximum Gasteiger partial charge on any atom is 0.323 e. The lowest BCUT2D eigenvalue weighted by atomic mass is 9.74. The average Bonchev–Trinajstić information content (AvgIpc) is 3.71. The van der Waals surface area contributed by atoms with Gasteiger partial charge in [0, 0.05) is 55.5 Å². The SMILES string of the molecule is Cc1ccnc(-c2cc3n(n2)CCCN(c2nc(O/C=C/C45CCCN4C[C@H](F)C5)nc4c2CO[C@@]2(CCCc5ccc(N)cc52)C4)C3)c1. The van der Waals surface area contributed by atoms with E-state index < -0.39 is 11.8 Å². The minimum absolute atomic E-state index is 0.285. The van der Waals surface area contributed by atoms with Crippen LogP contribution in [0.1, 0.15) is 72.2 Å². The highest BCUT2D eigenvalue weighted by Gasteiger charge is 2.47. The van der Waals surface area contributed by atoms with E-state index in [1.807, 2.05) is 24.4 Å². The van der Waals surface area contributed by atoms with Gasteiger partial charge in [0.15, 0.2) is 0 Å². The van der Waals surface area contributed by atoms with E-state index >= 15 is 0 Å². The number of halogens is 1. The molecule has 4 aromatic rings. The van der Waals surface area contributed by atoms with Crippen LogP contribution in [0.2, 0.25) is 0 Å². The summed E-state index contributed by atoms with van der Waals surface area (Å²) in [5, 5.41) is 4.95. The van der Waals surface area contributed by atoms with Gasteiger partial charge in [-0.05, 0) is 105 Å². The molecular formula is C38H43FN8O2. The molecule has 2 saturated heterocycles. The fourth-order valence-corrected chi connectivity index (χ4v) is 8.98. The zero-order valence-corrected chi connectivity index (χ0v) is 28.1. The van der Waals surface area contributed by atoms with Crippen LogP contribution < -0.4 is 15.4 Å². The van der Waals surface area contributed by atoms with Crippen LogP contribution in [0.15, 0.2) is 54.9 Å². The second-order valence-electron chi connectivity index (χ2n) is 14.6. The maximum absolute atomic E-state index is 14.5. The van der Waals surface area contributed by atoms with Crippen LogP contribution in [0, 0.1) is 6.92 Å². The fourth-order valence-electron chi connectivity index (χ4n) is 8.98. The minimum Gasteiger partial charge on any atom is -0.432 e. The molecule has 3 atom stereocenters. The number of rotatable bonds is 5. The first-order valence-electron chi connectivity index (χ1n) is 17.8. The minimum atomic E-state index is -0.807. The third-order valence-corrected chi connectivity index (χ3v) is 11.4. The Bertz CT molecular complexity index is 1940. The number of nitrogens with two attached hydrogens (primary N) is 1. The Balaban J connectivity index is 1.08. The first kappa shape index (κ1) is 30.7. The van der Waals surface area contributed by atoms with Crippen LogP contribution in [0.25, 0.3) is 11.4 Å². The second kappa shape index (κ2) is 11.9. The molecule has 1 spiro atoms. The van der Waals surface area contributed by atoms with E-state index in [4.69, 9.17) is 30.3 Å². The number of hydrogen-bond acceptors (Lipinski definition) is 9. The topological polar surface area (TPSA) is 107 Å². The summed E-state index contributed by atoms with van der Waals surface area (Å²) in [6.45, 7) is 6.14. The van der Waals surface area contributed by atoms with Gasteiger partial charge < -0.3 is 20.1 Å². The highest BCUT2D eigenvalue weighted by atomic mass is 19.1. The summed E-state index contributed by atoms with van der Waals surface area (Å²) in [6, 6.07) is 12.8. The zero-order chi connectivity index (χ0) is 33.2. The summed E-state index contributed by atoms with van der Waals surface area (Å²) in [4.78, 5) is 19.3. The Hall–Kier alpha value is -4.35. The van der Waals surface area contributed by atoms with E-state index in [-0.39, 0.29) is 5.54 Å². The molecule has 0 radical (unpaired) electrons. The van der Waals surface area contributed by atoms with E-state index in [0.29, 0.717) is 38.5 Å². The van der Waals surface area contributed by atoms with E-state index in [2.05, 4.69) is 50.7 Å². The Morgan fingerprint density at radius 2 is 1.98 bits per heavy atom. The monoisotopic (exact) mass is 662 g/mol. The molecule has 2 N–H and O–H groups in total. The molecule has 0 bridgehead atoms. The number of aryl methyl sites for hydroxylation is 3. The second-order valence-corrected chi connectivity index (χ2v) is 14.6. The van der Waals surface area contributed by atoms with Gasteiger partial charge >= 0.3 is 6.01 Å². The molecule has 49 heavy (non-hydrogen) atoms. The van der Waals surface area contributed by atoms with Crippen molar-refractivity contribution in [3.63, 3.8) is 0 Å². The van der Waals surface area contributed by atoms with Gasteiger partial charge in [0.05, 0.1) is 42.1 Å². The van der Waals surface area contributed by atoms with Crippen LogP contribution in [0.4, 0.5) is 15.9 Å². The quantitative estimate of drug-likeness (QED) is 0.209. The van der Waals surface area contributed by atoms with Crippen LogP contribution >= 0.6 is 0 Å². The average molecular weight is 663 g/mol. The number of pyridine rings is 1. The van der Waals surface area contributed by atoms with Crippen molar-refractivity contribution in [2.75, 3.05) is 30.3 Å². The molecule has 10 nitrogen and oxygen atoms in total. The lowest BCUT2D eigenvalue weighted by molar-refractivity contribution is -0.0854. The summed E-state index contributed by atoms with van der Waals surface area (Å²) in [6.07, 6.45) is 11.8.